The van der Waals surface area contributed by atoms with Gasteiger partial charge in [0.15, 0.2) is 11.6 Å². The van der Waals surface area contributed by atoms with E-state index in [1.807, 2.05) is 47.2 Å². The van der Waals surface area contributed by atoms with Crippen LogP contribution in [0.3, 0.4) is 0 Å². The summed E-state index contributed by atoms with van der Waals surface area (Å²) in [5.41, 5.74) is 6.27. The van der Waals surface area contributed by atoms with Crippen molar-refractivity contribution >= 4 is 87.2 Å². The predicted molar refractivity (Wildman–Crippen MR) is 310 cm³/mol. The number of rotatable bonds is 22. The number of halogens is 5. The van der Waals surface area contributed by atoms with Crippen molar-refractivity contribution < 1.29 is 48.3 Å². The van der Waals surface area contributed by atoms with Crippen LogP contribution in [0.1, 0.15) is 26.7 Å². The van der Waals surface area contributed by atoms with Gasteiger partial charge in [-0.3, -0.25) is 0 Å². The number of sulfone groups is 2. The highest BCUT2D eigenvalue weighted by atomic mass is 32.2. The standard InChI is InChI=1S/C29H26F3N5O3S2.C28H25F2N5O3S2/c1-42(38,39)12-11-33-15-27-37-26(17-41-27)20-5-10-25-24(14-20)28(35-18-34-25)36-22-6-8-23(9-7-22)40-16-19-3-2-4-21(13-19)29(30,31)32;1-40(36,37)10-9-31-14-27-35-25(16-39-27)19-5-7-24-22(12-19)28(33-17-32-24)34-21-6-8-26(23(30)13-21)38-15-18-3-2-4-20(29)11-18/h2-10,13-14,17-18,33H,11-12,15-16H2,1H3,(H,34,35,36);2-8,11-13,16-17,31H,9-10,14-15H2,1H3,(H,32,33,34). The molecule has 0 amide bonds. The van der Waals surface area contributed by atoms with Crippen LogP contribution in [0.5, 0.6) is 11.5 Å². The third-order valence-electron chi connectivity index (χ3n) is 12.1. The fourth-order valence-electron chi connectivity index (χ4n) is 7.98. The highest BCUT2D eigenvalue weighted by molar-refractivity contribution is 7.90. The Balaban J connectivity index is 0.000000198. The van der Waals surface area contributed by atoms with Crippen molar-refractivity contribution in [1.29, 1.82) is 0 Å². The Labute approximate surface area is 476 Å². The lowest BCUT2D eigenvalue weighted by atomic mass is 10.1. The molecule has 25 heteroatoms. The molecule has 4 N–H and O–H groups in total. The highest BCUT2D eigenvalue weighted by Gasteiger charge is 2.30. The molecule has 0 saturated carbocycles. The molecule has 424 valence electrons. The summed E-state index contributed by atoms with van der Waals surface area (Å²) in [6, 6.07) is 34.0. The first-order chi connectivity index (χ1) is 39.3. The Morgan fingerprint density at radius 3 is 1.62 bits per heavy atom. The maximum atomic E-state index is 14.8. The van der Waals surface area contributed by atoms with Gasteiger partial charge in [0.1, 0.15) is 78.8 Å². The van der Waals surface area contributed by atoms with Crippen LogP contribution in [0.15, 0.2) is 151 Å². The number of hydrogen-bond acceptors (Lipinski definition) is 18. The van der Waals surface area contributed by atoms with E-state index in [9.17, 15) is 38.8 Å². The second-order valence-corrected chi connectivity index (χ2v) is 25.0. The molecule has 0 atom stereocenters. The fourth-order valence-corrected chi connectivity index (χ4v) is 10.6. The zero-order valence-electron chi connectivity index (χ0n) is 43.7. The molecule has 4 heterocycles. The van der Waals surface area contributed by atoms with Gasteiger partial charge < -0.3 is 30.7 Å². The second kappa shape index (κ2) is 26.2. The highest BCUT2D eigenvalue weighted by Crippen LogP contribution is 2.34. The first-order valence-corrected chi connectivity index (χ1v) is 30.9. The number of fused-ring (bicyclic) bond motifs is 2. The molecule has 4 aromatic heterocycles. The number of benzene rings is 6. The number of aromatic nitrogens is 6. The second-order valence-electron chi connectivity index (χ2n) is 18.6. The summed E-state index contributed by atoms with van der Waals surface area (Å²) >= 11 is 2.97. The number of ether oxygens (including phenoxy) is 2. The summed E-state index contributed by atoms with van der Waals surface area (Å²) in [5.74, 6) is 0.848. The fraction of sp³-hybridized carbons (Fsp3) is 0.193. The zero-order chi connectivity index (χ0) is 57.9. The summed E-state index contributed by atoms with van der Waals surface area (Å²) in [7, 11) is -6.04. The van der Waals surface area contributed by atoms with Gasteiger partial charge in [-0.2, -0.15) is 13.2 Å². The Bertz CT molecular complexity index is 4080. The van der Waals surface area contributed by atoms with E-state index in [-0.39, 0.29) is 36.3 Å². The Kier molecular flexibility index (Phi) is 18.7. The predicted octanol–water partition coefficient (Wildman–Crippen LogP) is 11.7. The maximum absolute atomic E-state index is 14.8. The van der Waals surface area contributed by atoms with Crippen molar-refractivity contribution in [2.45, 2.75) is 32.5 Å². The van der Waals surface area contributed by atoms with Crippen molar-refractivity contribution in [3.8, 4) is 34.0 Å². The number of anilines is 4. The lowest BCUT2D eigenvalue weighted by molar-refractivity contribution is -0.137. The summed E-state index contributed by atoms with van der Waals surface area (Å²) in [5, 5.41) is 19.7. The summed E-state index contributed by atoms with van der Waals surface area (Å²) in [4.78, 5) is 26.8. The van der Waals surface area contributed by atoms with Gasteiger partial charge in [-0.05, 0) is 96.1 Å². The topological polar surface area (TPSA) is 212 Å². The van der Waals surface area contributed by atoms with Crippen molar-refractivity contribution in [2.24, 2.45) is 0 Å². The number of nitrogens with zero attached hydrogens (tertiary/aromatic N) is 6. The molecule has 16 nitrogen and oxygen atoms in total. The van der Waals surface area contributed by atoms with Gasteiger partial charge in [0.05, 0.1) is 39.5 Å². The van der Waals surface area contributed by atoms with Gasteiger partial charge in [-0.25, -0.2) is 55.5 Å². The third kappa shape index (κ3) is 16.8. The normalized spacial score (nSPS) is 11.8. The molecule has 10 rings (SSSR count). The van der Waals surface area contributed by atoms with Crippen molar-refractivity contribution in [3.05, 3.63) is 189 Å². The molecule has 82 heavy (non-hydrogen) atoms. The zero-order valence-corrected chi connectivity index (χ0v) is 47.0. The van der Waals surface area contributed by atoms with E-state index in [4.69, 9.17) is 9.47 Å². The van der Waals surface area contributed by atoms with E-state index in [0.29, 0.717) is 65.9 Å². The van der Waals surface area contributed by atoms with Crippen LogP contribution in [-0.2, 0) is 52.2 Å². The van der Waals surface area contributed by atoms with Crippen molar-refractivity contribution in [2.75, 3.05) is 47.7 Å². The van der Waals surface area contributed by atoms with Crippen LogP contribution >= 0.6 is 22.7 Å². The smallest absolute Gasteiger partial charge is 0.416 e. The van der Waals surface area contributed by atoms with E-state index in [1.165, 1.54) is 78.2 Å². The molecule has 10 aromatic rings. The van der Waals surface area contributed by atoms with Gasteiger partial charge in [0.25, 0.3) is 0 Å². The van der Waals surface area contributed by atoms with E-state index in [1.54, 1.807) is 48.5 Å². The van der Waals surface area contributed by atoms with Crippen molar-refractivity contribution in [1.82, 2.24) is 40.5 Å². The molecule has 0 aliphatic heterocycles. The minimum absolute atomic E-state index is 0.00502. The molecule has 0 radical (unpaired) electrons. The Hall–Kier alpha value is -8.07. The molecular formula is C57H51F5N10O6S4. The molecule has 0 fully saturated rings. The van der Waals surface area contributed by atoms with Crippen LogP contribution in [0.4, 0.5) is 45.0 Å². The first kappa shape index (κ1) is 58.6. The lowest BCUT2D eigenvalue weighted by Gasteiger charge is -2.12. The van der Waals surface area contributed by atoms with Gasteiger partial charge in [-0.1, -0.05) is 36.4 Å². The van der Waals surface area contributed by atoms with E-state index in [0.717, 1.165) is 66.6 Å². The third-order valence-corrected chi connectivity index (χ3v) is 15.7. The van der Waals surface area contributed by atoms with E-state index >= 15 is 0 Å². The molecular weight excluding hydrogens is 1140 g/mol. The van der Waals surface area contributed by atoms with Crippen LogP contribution in [-0.4, -0.2) is 83.8 Å². The Morgan fingerprint density at radius 1 is 0.561 bits per heavy atom. The number of alkyl halides is 3. The van der Waals surface area contributed by atoms with Gasteiger partial charge in [0.2, 0.25) is 0 Å². The summed E-state index contributed by atoms with van der Waals surface area (Å²) < 4.78 is 123. The molecule has 6 aromatic carbocycles. The lowest BCUT2D eigenvalue weighted by Crippen LogP contribution is -2.21. The molecule has 0 spiro atoms. The largest absolute Gasteiger partial charge is 0.489 e. The van der Waals surface area contributed by atoms with E-state index < -0.39 is 37.2 Å². The summed E-state index contributed by atoms with van der Waals surface area (Å²) in [6.07, 6.45) is 0.916. The summed E-state index contributed by atoms with van der Waals surface area (Å²) in [6.45, 7) is 1.71. The number of hydrogen-bond donors (Lipinski definition) is 4. The quantitative estimate of drug-likeness (QED) is 0.0367. The number of nitrogens with one attached hydrogen (secondary N) is 4. The van der Waals surface area contributed by atoms with Crippen LogP contribution in [0.2, 0.25) is 0 Å². The molecule has 0 aliphatic rings. The minimum Gasteiger partial charge on any atom is -0.489 e. The SMILES string of the molecule is CS(=O)(=O)CCNCc1nc(-c2ccc3ncnc(Nc4ccc(OCc5cccc(C(F)(F)F)c5)cc4)c3c2)cs1.CS(=O)(=O)CCNCc1nc(-c2ccc3ncnc(Nc4ccc(OCc5cccc(F)c5)c(F)c4)c3c2)cs1. The average Bonchev–Trinajstić information content (AvgIpc) is 4.21. The number of thiazole rings is 2. The maximum Gasteiger partial charge on any atom is 0.416 e. The average molecular weight is 1200 g/mol. The monoisotopic (exact) mass is 1190 g/mol. The van der Waals surface area contributed by atoms with Crippen molar-refractivity contribution in [3.63, 3.8) is 0 Å². The molecule has 0 aliphatic carbocycles. The van der Waals surface area contributed by atoms with Crippen LogP contribution in [0, 0.1) is 11.6 Å². The first-order valence-electron chi connectivity index (χ1n) is 25.0. The Morgan fingerprint density at radius 2 is 1.09 bits per heavy atom. The van der Waals surface area contributed by atoms with E-state index in [2.05, 4.69) is 51.2 Å². The van der Waals surface area contributed by atoms with Crippen LogP contribution in [0.25, 0.3) is 44.3 Å². The van der Waals surface area contributed by atoms with Gasteiger partial charge in [-0.15, -0.1) is 22.7 Å². The van der Waals surface area contributed by atoms with Gasteiger partial charge in [0, 0.05) is 88.8 Å². The molecule has 0 saturated heterocycles. The van der Waals surface area contributed by atoms with Gasteiger partial charge >= 0.3 is 6.18 Å². The molecule has 0 unspecified atom stereocenters. The van der Waals surface area contributed by atoms with Crippen LogP contribution < -0.4 is 30.7 Å². The molecule has 0 bridgehead atoms. The minimum atomic E-state index is -4.40.